The highest BCUT2D eigenvalue weighted by Crippen LogP contribution is 2.33. The number of aromatic nitrogens is 1. The Bertz CT molecular complexity index is 597. The van der Waals surface area contributed by atoms with Crippen LogP contribution in [0, 0.1) is 0 Å². The molecule has 0 saturated carbocycles. The lowest BCUT2D eigenvalue weighted by Crippen LogP contribution is -2.10. The molecule has 2 nitrogen and oxygen atoms in total. The normalized spacial score (nSPS) is 12.6. The minimum atomic E-state index is -4.30. The lowest BCUT2D eigenvalue weighted by molar-refractivity contribution is -0.137. The Morgan fingerprint density at radius 1 is 1.25 bits per heavy atom. The molecule has 20 heavy (non-hydrogen) atoms. The molecule has 5 heteroatoms. The average Bonchev–Trinajstić information content (AvgIpc) is 2.73. The number of hydrogen-bond acceptors (Lipinski definition) is 1. The van der Waals surface area contributed by atoms with Crippen LogP contribution < -0.4 is 5.32 Å². The van der Waals surface area contributed by atoms with Crippen molar-refractivity contribution in [2.24, 2.45) is 0 Å². The Morgan fingerprint density at radius 3 is 2.50 bits per heavy atom. The monoisotopic (exact) mass is 284 g/mol. The summed E-state index contributed by atoms with van der Waals surface area (Å²) in [6.07, 6.45) is -1.53. The maximum Gasteiger partial charge on any atom is 0.416 e. The van der Waals surface area contributed by atoms with E-state index in [1.165, 1.54) is 6.07 Å². The van der Waals surface area contributed by atoms with E-state index < -0.39 is 11.7 Å². The molecule has 2 aromatic rings. The Balaban J connectivity index is 2.58. The summed E-state index contributed by atoms with van der Waals surface area (Å²) in [6.45, 7) is 4.75. The molecule has 0 amide bonds. The first-order valence-electron chi connectivity index (χ1n) is 6.70. The fourth-order valence-corrected chi connectivity index (χ4v) is 2.39. The van der Waals surface area contributed by atoms with E-state index in [-0.39, 0.29) is 6.04 Å². The number of likely N-dealkylation sites (N-methyl/N-ethyl adjacent to an activating group) is 1. The van der Waals surface area contributed by atoms with Crippen molar-refractivity contribution < 1.29 is 13.2 Å². The van der Waals surface area contributed by atoms with Crippen LogP contribution in [0.2, 0.25) is 0 Å². The molecule has 1 N–H and O–H groups in total. The maximum absolute atomic E-state index is 12.8. The fourth-order valence-electron chi connectivity index (χ4n) is 2.39. The van der Waals surface area contributed by atoms with Crippen LogP contribution in [0.15, 0.2) is 24.4 Å². The van der Waals surface area contributed by atoms with Gasteiger partial charge in [-0.1, -0.05) is 6.07 Å². The van der Waals surface area contributed by atoms with Gasteiger partial charge < -0.3 is 9.88 Å². The van der Waals surface area contributed by atoms with Crippen LogP contribution in [0.25, 0.3) is 10.9 Å². The average molecular weight is 284 g/mol. The van der Waals surface area contributed by atoms with E-state index in [1.807, 2.05) is 31.7 Å². The van der Waals surface area contributed by atoms with Crippen LogP contribution in [0.4, 0.5) is 13.2 Å². The van der Waals surface area contributed by atoms with Gasteiger partial charge in [-0.05, 0) is 51.6 Å². The number of alkyl halides is 3. The van der Waals surface area contributed by atoms with Crippen molar-refractivity contribution in [1.29, 1.82) is 0 Å². The molecule has 2 rings (SSSR count). The number of benzene rings is 1. The predicted molar refractivity (Wildman–Crippen MR) is 75.0 cm³/mol. The van der Waals surface area contributed by atoms with Crippen molar-refractivity contribution >= 4 is 10.9 Å². The summed E-state index contributed by atoms with van der Waals surface area (Å²) in [7, 11) is 1.86. The standard InChI is InChI=1S/C15H19F3N2/c1-10(2)20-9-11(6-7-19-3)13-5-4-12(8-14(13)20)15(16,17)18/h4-5,8-10,19H,6-7H2,1-3H3. The van der Waals surface area contributed by atoms with Crippen LogP contribution in [0.1, 0.15) is 31.0 Å². The van der Waals surface area contributed by atoms with Crippen LogP contribution in [-0.4, -0.2) is 18.2 Å². The summed E-state index contributed by atoms with van der Waals surface area (Å²) < 4.78 is 40.4. The Labute approximate surface area is 116 Å². The first-order chi connectivity index (χ1) is 9.34. The molecule has 1 heterocycles. The molecule has 0 saturated heterocycles. The zero-order chi connectivity index (χ0) is 14.9. The molecule has 0 bridgehead atoms. The first kappa shape index (κ1) is 14.9. The molecule has 0 aliphatic rings. The number of halogens is 3. The summed E-state index contributed by atoms with van der Waals surface area (Å²) in [6, 6.07) is 4.13. The second kappa shape index (κ2) is 5.48. The number of hydrogen-bond donors (Lipinski definition) is 1. The van der Waals surface area contributed by atoms with Gasteiger partial charge in [0.05, 0.1) is 5.56 Å². The molecule has 110 valence electrons. The van der Waals surface area contributed by atoms with Gasteiger partial charge in [0.2, 0.25) is 0 Å². The predicted octanol–water partition coefficient (Wildman–Crippen LogP) is 4.00. The van der Waals surface area contributed by atoms with Gasteiger partial charge in [0, 0.05) is 23.1 Å². The third-order valence-corrected chi connectivity index (χ3v) is 3.44. The summed E-state index contributed by atoms with van der Waals surface area (Å²) in [5.74, 6) is 0. The van der Waals surface area contributed by atoms with Crippen molar-refractivity contribution in [3.63, 3.8) is 0 Å². The molecular weight excluding hydrogens is 265 g/mol. The third-order valence-electron chi connectivity index (χ3n) is 3.44. The number of rotatable bonds is 4. The van der Waals surface area contributed by atoms with Gasteiger partial charge in [0.15, 0.2) is 0 Å². The molecule has 0 atom stereocenters. The molecule has 1 aromatic heterocycles. The van der Waals surface area contributed by atoms with Gasteiger partial charge in [-0.2, -0.15) is 13.2 Å². The minimum Gasteiger partial charge on any atom is -0.345 e. The van der Waals surface area contributed by atoms with E-state index >= 15 is 0 Å². The van der Waals surface area contributed by atoms with Crippen LogP contribution in [-0.2, 0) is 12.6 Å². The second-order valence-corrected chi connectivity index (χ2v) is 5.24. The lowest BCUT2D eigenvalue weighted by Gasteiger charge is -2.11. The van der Waals surface area contributed by atoms with Gasteiger partial charge in [-0.25, -0.2) is 0 Å². The largest absolute Gasteiger partial charge is 0.416 e. The van der Waals surface area contributed by atoms with Crippen molar-refractivity contribution in [2.45, 2.75) is 32.5 Å². The van der Waals surface area contributed by atoms with Crippen molar-refractivity contribution in [1.82, 2.24) is 9.88 Å². The molecule has 0 unspecified atom stereocenters. The smallest absolute Gasteiger partial charge is 0.345 e. The third kappa shape index (κ3) is 2.82. The van der Waals surface area contributed by atoms with Crippen LogP contribution in [0.3, 0.4) is 0 Å². The highest BCUT2D eigenvalue weighted by molar-refractivity contribution is 5.85. The number of fused-ring (bicyclic) bond motifs is 1. The van der Waals surface area contributed by atoms with Gasteiger partial charge in [0.1, 0.15) is 0 Å². The molecule has 1 aromatic carbocycles. The topological polar surface area (TPSA) is 17.0 Å². The quantitative estimate of drug-likeness (QED) is 0.898. The van der Waals surface area contributed by atoms with E-state index in [1.54, 1.807) is 6.07 Å². The summed E-state index contributed by atoms with van der Waals surface area (Å²) in [4.78, 5) is 0. The van der Waals surface area contributed by atoms with Gasteiger partial charge in [-0.15, -0.1) is 0 Å². The molecule has 0 fully saturated rings. The molecule has 0 aliphatic heterocycles. The maximum atomic E-state index is 12.8. The zero-order valence-corrected chi connectivity index (χ0v) is 11.9. The lowest BCUT2D eigenvalue weighted by atomic mass is 10.1. The summed E-state index contributed by atoms with van der Waals surface area (Å²) in [5, 5.41) is 3.97. The van der Waals surface area contributed by atoms with Gasteiger partial charge in [0.25, 0.3) is 0 Å². The molecule has 0 spiro atoms. The van der Waals surface area contributed by atoms with E-state index in [0.29, 0.717) is 5.52 Å². The van der Waals surface area contributed by atoms with E-state index in [9.17, 15) is 13.2 Å². The molecular formula is C15H19F3N2. The summed E-state index contributed by atoms with van der Waals surface area (Å²) >= 11 is 0. The highest BCUT2D eigenvalue weighted by atomic mass is 19.4. The van der Waals surface area contributed by atoms with Crippen molar-refractivity contribution in [3.8, 4) is 0 Å². The van der Waals surface area contributed by atoms with E-state index in [4.69, 9.17) is 0 Å². The number of nitrogens with zero attached hydrogens (tertiary/aromatic N) is 1. The summed E-state index contributed by atoms with van der Waals surface area (Å²) in [5.41, 5.74) is 1.14. The van der Waals surface area contributed by atoms with Crippen LogP contribution in [0.5, 0.6) is 0 Å². The number of nitrogens with one attached hydrogen (secondary N) is 1. The van der Waals surface area contributed by atoms with Crippen molar-refractivity contribution in [2.75, 3.05) is 13.6 Å². The van der Waals surface area contributed by atoms with Gasteiger partial charge in [-0.3, -0.25) is 0 Å². The molecule has 0 radical (unpaired) electrons. The fraction of sp³-hybridized carbons (Fsp3) is 0.467. The Morgan fingerprint density at radius 2 is 1.95 bits per heavy atom. The second-order valence-electron chi connectivity index (χ2n) is 5.24. The Hall–Kier alpha value is -1.49. The minimum absolute atomic E-state index is 0.129. The molecule has 0 aliphatic carbocycles. The highest BCUT2D eigenvalue weighted by Gasteiger charge is 2.31. The first-order valence-corrected chi connectivity index (χ1v) is 6.70. The van der Waals surface area contributed by atoms with Crippen LogP contribution >= 0.6 is 0 Å². The van der Waals surface area contributed by atoms with Gasteiger partial charge >= 0.3 is 6.18 Å². The zero-order valence-electron chi connectivity index (χ0n) is 11.9. The van der Waals surface area contributed by atoms with Crippen molar-refractivity contribution in [3.05, 3.63) is 35.5 Å². The van der Waals surface area contributed by atoms with E-state index in [2.05, 4.69) is 5.32 Å². The Kier molecular flexibility index (Phi) is 4.09. The van der Waals surface area contributed by atoms with E-state index in [0.717, 1.165) is 30.0 Å². The SMILES string of the molecule is CNCCc1cn(C(C)C)c2cc(C(F)(F)F)ccc12.